The summed E-state index contributed by atoms with van der Waals surface area (Å²) in [5, 5.41) is 12.4. The monoisotopic (exact) mass is 748 g/mol. The Morgan fingerprint density at radius 1 is 0.509 bits per heavy atom. The normalized spacial score (nSPS) is 11.9. The number of furan rings is 1. The van der Waals surface area contributed by atoms with E-state index >= 15 is 0 Å². The van der Waals surface area contributed by atoms with E-state index in [1.165, 1.54) is 53.1 Å². The Morgan fingerprint density at radius 2 is 1.23 bits per heavy atom. The van der Waals surface area contributed by atoms with Gasteiger partial charge in [-0.2, -0.15) is 5.10 Å². The van der Waals surface area contributed by atoms with Crippen molar-refractivity contribution in [2.75, 3.05) is 0 Å². The maximum Gasteiger partial charge on any atom is 0.181 e. The van der Waals surface area contributed by atoms with Crippen LogP contribution >= 0.6 is 11.3 Å². The zero-order valence-corrected chi connectivity index (χ0v) is 31.4. The van der Waals surface area contributed by atoms with E-state index in [-0.39, 0.29) is 0 Å². The maximum absolute atomic E-state index is 6.30. The molecule has 4 aromatic heterocycles. The zero-order chi connectivity index (χ0) is 37.5. The summed E-state index contributed by atoms with van der Waals surface area (Å²) in [4.78, 5) is 5.21. The Bertz CT molecular complexity index is 3510. The number of aromatic nitrogens is 4. The molecule has 0 atom stereocenters. The molecule has 57 heavy (non-hydrogen) atoms. The first kappa shape index (κ1) is 32.0. The highest BCUT2D eigenvalue weighted by Gasteiger charge is 2.21. The van der Waals surface area contributed by atoms with Gasteiger partial charge >= 0.3 is 0 Å². The third-order valence-electron chi connectivity index (χ3n) is 11.2. The standard InChI is InChI=1S/C51H32N4OS/c1-2-14-33(15-3-1)50-52-51(41-22-12-25-46-48(41)40-19-5-8-24-45(40)56-46)54(53-50)31-32-13-10-16-35(29-32)55-43-23-7-4-17-37(43)42-30-34(27-28-44(42)55)36-20-11-21-39-38-18-6-9-26-47(38)57-49(36)39/h1-30H,31H2. The van der Waals surface area contributed by atoms with Crippen molar-refractivity contribution in [3.05, 3.63) is 188 Å². The van der Waals surface area contributed by atoms with Crippen LogP contribution < -0.4 is 0 Å². The minimum Gasteiger partial charge on any atom is -0.456 e. The molecule has 0 unspecified atom stereocenters. The highest BCUT2D eigenvalue weighted by Crippen LogP contribution is 2.42. The van der Waals surface area contributed by atoms with E-state index in [0.717, 1.165) is 50.1 Å². The van der Waals surface area contributed by atoms with E-state index in [1.807, 2.05) is 58.5 Å². The van der Waals surface area contributed by atoms with Gasteiger partial charge < -0.3 is 8.98 Å². The Morgan fingerprint density at radius 3 is 2.16 bits per heavy atom. The molecule has 5 nitrogen and oxygen atoms in total. The van der Waals surface area contributed by atoms with Gasteiger partial charge in [-0.1, -0.05) is 133 Å². The fourth-order valence-electron chi connectivity index (χ4n) is 8.68. The van der Waals surface area contributed by atoms with E-state index < -0.39 is 0 Å². The Hall–Kier alpha value is -7.28. The van der Waals surface area contributed by atoms with Gasteiger partial charge in [0.2, 0.25) is 0 Å². The zero-order valence-electron chi connectivity index (χ0n) is 30.6. The molecule has 0 aliphatic rings. The predicted octanol–water partition coefficient (Wildman–Crippen LogP) is 13.7. The maximum atomic E-state index is 6.30. The molecule has 0 fully saturated rings. The molecule has 268 valence electrons. The lowest BCUT2D eigenvalue weighted by atomic mass is 10.0. The lowest BCUT2D eigenvalue weighted by Gasteiger charge is -2.12. The van der Waals surface area contributed by atoms with Gasteiger partial charge in [0.25, 0.3) is 0 Å². The molecule has 0 aliphatic carbocycles. The number of fused-ring (bicyclic) bond motifs is 9. The third kappa shape index (κ3) is 5.08. The van der Waals surface area contributed by atoms with Gasteiger partial charge in [-0.05, 0) is 65.2 Å². The van der Waals surface area contributed by atoms with Crippen LogP contribution in [0.15, 0.2) is 186 Å². The molecule has 12 aromatic rings. The number of hydrogen-bond donors (Lipinski definition) is 0. The van der Waals surface area contributed by atoms with Crippen molar-refractivity contribution in [2.24, 2.45) is 0 Å². The van der Waals surface area contributed by atoms with Crippen molar-refractivity contribution < 1.29 is 4.42 Å². The number of hydrogen-bond acceptors (Lipinski definition) is 4. The van der Waals surface area contributed by atoms with Gasteiger partial charge in [-0.15, -0.1) is 11.3 Å². The van der Waals surface area contributed by atoms with Gasteiger partial charge in [-0.25, -0.2) is 9.67 Å². The van der Waals surface area contributed by atoms with Crippen LogP contribution in [-0.4, -0.2) is 19.3 Å². The molecular weight excluding hydrogens is 717 g/mol. The summed E-state index contributed by atoms with van der Waals surface area (Å²) in [6, 6.07) is 64.6. The summed E-state index contributed by atoms with van der Waals surface area (Å²) in [6.07, 6.45) is 0. The fourth-order valence-corrected chi connectivity index (χ4v) is 9.92. The quantitative estimate of drug-likeness (QED) is 0.170. The number of nitrogens with zero attached hydrogens (tertiary/aromatic N) is 4. The lowest BCUT2D eigenvalue weighted by Crippen LogP contribution is -2.05. The molecule has 0 saturated carbocycles. The van der Waals surface area contributed by atoms with Crippen LogP contribution in [0, 0.1) is 0 Å². The summed E-state index contributed by atoms with van der Waals surface area (Å²) < 4.78 is 13.4. The summed E-state index contributed by atoms with van der Waals surface area (Å²) >= 11 is 1.88. The third-order valence-corrected chi connectivity index (χ3v) is 12.5. The van der Waals surface area contributed by atoms with Gasteiger partial charge in [0.15, 0.2) is 11.6 Å². The van der Waals surface area contributed by atoms with Crippen molar-refractivity contribution in [1.29, 1.82) is 0 Å². The topological polar surface area (TPSA) is 48.8 Å². The first-order chi connectivity index (χ1) is 28.2. The molecule has 0 bridgehead atoms. The minimum atomic E-state index is 0.537. The van der Waals surface area contributed by atoms with Crippen molar-refractivity contribution in [2.45, 2.75) is 6.54 Å². The second-order valence-corrected chi connectivity index (χ2v) is 15.6. The SMILES string of the molecule is c1ccc(-c2nc(-c3cccc4oc5ccccc5c34)n(Cc3cccc(-n4c5ccccc5c5cc(-c6cccc7c6sc6ccccc67)ccc54)c3)n2)cc1. The van der Waals surface area contributed by atoms with Gasteiger partial charge in [0.05, 0.1) is 17.6 Å². The van der Waals surface area contributed by atoms with E-state index in [9.17, 15) is 0 Å². The first-order valence-electron chi connectivity index (χ1n) is 19.2. The van der Waals surface area contributed by atoms with Crippen LogP contribution in [0.4, 0.5) is 0 Å². The summed E-state index contributed by atoms with van der Waals surface area (Å²) in [5.41, 5.74) is 10.7. The van der Waals surface area contributed by atoms with Gasteiger partial charge in [-0.3, -0.25) is 0 Å². The number of rotatable bonds is 6. The molecule has 0 spiro atoms. The van der Waals surface area contributed by atoms with Crippen LogP contribution in [0.25, 0.3) is 104 Å². The largest absolute Gasteiger partial charge is 0.456 e. The molecule has 0 radical (unpaired) electrons. The second kappa shape index (κ2) is 12.6. The van der Waals surface area contributed by atoms with Crippen LogP contribution in [0.1, 0.15) is 5.56 Å². The highest BCUT2D eigenvalue weighted by atomic mass is 32.1. The molecule has 0 saturated heterocycles. The van der Waals surface area contributed by atoms with E-state index in [4.69, 9.17) is 14.5 Å². The van der Waals surface area contributed by atoms with Crippen molar-refractivity contribution in [3.63, 3.8) is 0 Å². The molecule has 8 aromatic carbocycles. The minimum absolute atomic E-state index is 0.537. The Labute approximate surface area is 331 Å². The van der Waals surface area contributed by atoms with Crippen LogP contribution in [-0.2, 0) is 6.54 Å². The molecule has 0 amide bonds. The second-order valence-electron chi connectivity index (χ2n) is 14.6. The number of benzene rings is 8. The van der Waals surface area contributed by atoms with Crippen molar-refractivity contribution >= 4 is 75.3 Å². The van der Waals surface area contributed by atoms with Gasteiger partial charge in [0, 0.05) is 58.5 Å². The summed E-state index contributed by atoms with van der Waals surface area (Å²) in [6.45, 7) is 0.537. The number of para-hydroxylation sites is 2. The molecule has 0 N–H and O–H groups in total. The summed E-state index contributed by atoms with van der Waals surface area (Å²) in [7, 11) is 0. The average molecular weight is 749 g/mol. The molecular formula is C51H32N4OS. The summed E-state index contributed by atoms with van der Waals surface area (Å²) in [5.74, 6) is 1.49. The molecule has 6 heteroatoms. The average Bonchev–Trinajstić information content (AvgIpc) is 4.04. The molecule has 12 rings (SSSR count). The lowest BCUT2D eigenvalue weighted by molar-refractivity contribution is 0.668. The van der Waals surface area contributed by atoms with Crippen molar-refractivity contribution in [1.82, 2.24) is 19.3 Å². The van der Waals surface area contributed by atoms with E-state index in [1.54, 1.807) is 0 Å². The van der Waals surface area contributed by atoms with Crippen LogP contribution in [0.5, 0.6) is 0 Å². The predicted molar refractivity (Wildman–Crippen MR) is 236 cm³/mol. The smallest absolute Gasteiger partial charge is 0.181 e. The van der Waals surface area contributed by atoms with E-state index in [2.05, 4.69) is 144 Å². The Balaban J connectivity index is 0.990. The first-order valence-corrected chi connectivity index (χ1v) is 20.0. The van der Waals surface area contributed by atoms with Gasteiger partial charge in [0.1, 0.15) is 11.2 Å². The number of thiophene rings is 1. The van der Waals surface area contributed by atoms with Crippen LogP contribution in [0.2, 0.25) is 0 Å². The molecule has 0 aliphatic heterocycles. The van der Waals surface area contributed by atoms with Crippen LogP contribution in [0.3, 0.4) is 0 Å². The van der Waals surface area contributed by atoms with Crippen molar-refractivity contribution in [3.8, 4) is 39.6 Å². The highest BCUT2D eigenvalue weighted by molar-refractivity contribution is 7.26. The van der Waals surface area contributed by atoms with E-state index in [0.29, 0.717) is 12.4 Å². The molecule has 4 heterocycles. The fraction of sp³-hybridized carbons (Fsp3) is 0.0196. The Kier molecular flexibility index (Phi) is 7.09.